The highest BCUT2D eigenvalue weighted by Crippen LogP contribution is 2.18. The number of imidazole rings is 1. The van der Waals surface area contributed by atoms with Crippen LogP contribution in [0.3, 0.4) is 0 Å². The van der Waals surface area contributed by atoms with Crippen molar-refractivity contribution >= 4 is 22.8 Å². The molecule has 3 heterocycles. The van der Waals surface area contributed by atoms with Gasteiger partial charge in [-0.1, -0.05) is 41.9 Å². The standard InChI is InChI=1S/C23H21ClN4O3/c24-17-7-4-6-16(12-17)13-26-15-25-21-20(26)22(29)27(14-19-10-5-11-31-19)23(30)28(21)18-8-2-1-3-9-18/h1-4,6-9,12,15,19H,5,10-11,13-14H2/t19-/m0/s1. The zero-order valence-corrected chi connectivity index (χ0v) is 17.5. The van der Waals surface area contributed by atoms with Gasteiger partial charge in [-0.3, -0.25) is 9.36 Å². The average Bonchev–Trinajstić information content (AvgIpc) is 3.42. The van der Waals surface area contributed by atoms with Crippen molar-refractivity contribution in [2.75, 3.05) is 6.61 Å². The number of benzene rings is 2. The number of halogens is 1. The van der Waals surface area contributed by atoms with E-state index in [-0.39, 0.29) is 18.2 Å². The maximum atomic E-state index is 13.5. The molecular formula is C23H21ClN4O3. The Morgan fingerprint density at radius 2 is 1.94 bits per heavy atom. The van der Waals surface area contributed by atoms with Gasteiger partial charge in [0.1, 0.15) is 0 Å². The molecule has 8 heteroatoms. The maximum Gasteiger partial charge on any atom is 0.337 e. The Morgan fingerprint density at radius 3 is 2.68 bits per heavy atom. The molecule has 1 fully saturated rings. The summed E-state index contributed by atoms with van der Waals surface area (Å²) in [5, 5.41) is 0.624. The van der Waals surface area contributed by atoms with Crippen molar-refractivity contribution in [3.8, 4) is 5.69 Å². The van der Waals surface area contributed by atoms with Gasteiger partial charge >= 0.3 is 5.69 Å². The van der Waals surface area contributed by atoms with Crippen LogP contribution in [0.4, 0.5) is 0 Å². The molecule has 2 aromatic carbocycles. The van der Waals surface area contributed by atoms with Crippen LogP contribution in [-0.2, 0) is 17.8 Å². The molecule has 1 aliphatic rings. The molecule has 1 saturated heterocycles. The van der Waals surface area contributed by atoms with Crippen LogP contribution < -0.4 is 11.2 Å². The van der Waals surface area contributed by atoms with Crippen LogP contribution in [0.25, 0.3) is 16.9 Å². The van der Waals surface area contributed by atoms with Gasteiger partial charge in [0.15, 0.2) is 11.2 Å². The molecule has 7 nitrogen and oxygen atoms in total. The second-order valence-electron chi connectivity index (χ2n) is 7.68. The largest absolute Gasteiger partial charge is 0.376 e. The average molecular weight is 437 g/mol. The Hall–Kier alpha value is -3.16. The summed E-state index contributed by atoms with van der Waals surface area (Å²) in [6, 6.07) is 16.7. The van der Waals surface area contributed by atoms with Crippen molar-refractivity contribution in [3.05, 3.63) is 92.3 Å². The molecule has 1 aliphatic heterocycles. The molecule has 158 valence electrons. The van der Waals surface area contributed by atoms with E-state index in [9.17, 15) is 9.59 Å². The van der Waals surface area contributed by atoms with Gasteiger partial charge in [-0.15, -0.1) is 0 Å². The lowest BCUT2D eigenvalue weighted by Gasteiger charge is -2.15. The van der Waals surface area contributed by atoms with E-state index in [1.807, 2.05) is 48.5 Å². The van der Waals surface area contributed by atoms with E-state index in [0.717, 1.165) is 18.4 Å². The van der Waals surface area contributed by atoms with Crippen LogP contribution in [0.2, 0.25) is 5.02 Å². The van der Waals surface area contributed by atoms with E-state index in [2.05, 4.69) is 4.98 Å². The minimum Gasteiger partial charge on any atom is -0.376 e. The SMILES string of the molecule is O=c1c2c(ncn2Cc2cccc(Cl)c2)n(-c2ccccc2)c(=O)n1C[C@@H]1CCCO1. The zero-order chi connectivity index (χ0) is 21.4. The van der Waals surface area contributed by atoms with Crippen LogP contribution >= 0.6 is 11.6 Å². The predicted molar refractivity (Wildman–Crippen MR) is 119 cm³/mol. The second-order valence-corrected chi connectivity index (χ2v) is 8.12. The second kappa shape index (κ2) is 8.17. The van der Waals surface area contributed by atoms with Crippen molar-refractivity contribution in [1.29, 1.82) is 0 Å². The lowest BCUT2D eigenvalue weighted by atomic mass is 10.2. The van der Waals surface area contributed by atoms with Crippen molar-refractivity contribution in [3.63, 3.8) is 0 Å². The molecule has 0 radical (unpaired) electrons. The van der Waals surface area contributed by atoms with E-state index in [1.165, 1.54) is 9.13 Å². The molecule has 31 heavy (non-hydrogen) atoms. The van der Waals surface area contributed by atoms with Gasteiger partial charge in [0.2, 0.25) is 0 Å². The highest BCUT2D eigenvalue weighted by molar-refractivity contribution is 6.30. The first-order chi connectivity index (χ1) is 15.1. The molecule has 4 aromatic rings. The molecule has 0 aliphatic carbocycles. The highest BCUT2D eigenvalue weighted by Gasteiger charge is 2.23. The summed E-state index contributed by atoms with van der Waals surface area (Å²) in [6.07, 6.45) is 3.22. The number of nitrogens with zero attached hydrogens (tertiary/aromatic N) is 4. The van der Waals surface area contributed by atoms with Crippen molar-refractivity contribution in [2.24, 2.45) is 0 Å². The molecule has 0 saturated carbocycles. The molecule has 0 unspecified atom stereocenters. The quantitative estimate of drug-likeness (QED) is 0.481. The molecule has 0 spiro atoms. The third-order valence-electron chi connectivity index (χ3n) is 5.57. The van der Waals surface area contributed by atoms with Gasteiger partial charge in [0, 0.05) is 18.2 Å². The third kappa shape index (κ3) is 3.71. The monoisotopic (exact) mass is 436 g/mol. The summed E-state index contributed by atoms with van der Waals surface area (Å²) in [5.41, 5.74) is 1.54. The van der Waals surface area contributed by atoms with Crippen molar-refractivity contribution < 1.29 is 4.74 Å². The van der Waals surface area contributed by atoms with E-state index in [1.54, 1.807) is 17.0 Å². The van der Waals surface area contributed by atoms with Gasteiger partial charge in [-0.2, -0.15) is 0 Å². The first-order valence-corrected chi connectivity index (χ1v) is 10.6. The fourth-order valence-electron chi connectivity index (χ4n) is 4.09. The Bertz CT molecular complexity index is 1350. The molecule has 1 atom stereocenters. The fourth-order valence-corrected chi connectivity index (χ4v) is 4.31. The third-order valence-corrected chi connectivity index (χ3v) is 5.80. The van der Waals surface area contributed by atoms with E-state index < -0.39 is 5.69 Å². The van der Waals surface area contributed by atoms with Crippen LogP contribution in [0.5, 0.6) is 0 Å². The maximum absolute atomic E-state index is 13.5. The predicted octanol–water partition coefficient (Wildman–Crippen LogP) is 3.23. The lowest BCUT2D eigenvalue weighted by molar-refractivity contribution is 0.0950. The van der Waals surface area contributed by atoms with Gasteiger partial charge < -0.3 is 9.30 Å². The number of para-hydroxylation sites is 1. The Labute approximate surface area is 183 Å². The number of rotatable bonds is 5. The van der Waals surface area contributed by atoms with Crippen LogP contribution in [0, 0.1) is 0 Å². The van der Waals surface area contributed by atoms with E-state index >= 15 is 0 Å². The van der Waals surface area contributed by atoms with Crippen LogP contribution in [0.1, 0.15) is 18.4 Å². The first kappa shape index (κ1) is 19.8. The number of hydrogen-bond donors (Lipinski definition) is 0. The van der Waals surface area contributed by atoms with E-state index in [0.29, 0.717) is 35.0 Å². The van der Waals surface area contributed by atoms with Crippen LogP contribution in [-0.4, -0.2) is 31.4 Å². The molecule has 5 rings (SSSR count). The Kier molecular flexibility index (Phi) is 5.21. The summed E-state index contributed by atoms with van der Waals surface area (Å²) >= 11 is 6.13. The van der Waals surface area contributed by atoms with Crippen molar-refractivity contribution in [1.82, 2.24) is 18.7 Å². The van der Waals surface area contributed by atoms with Gasteiger partial charge in [0.05, 0.1) is 24.7 Å². The number of hydrogen-bond acceptors (Lipinski definition) is 4. The molecule has 0 N–H and O–H groups in total. The van der Waals surface area contributed by atoms with Crippen LogP contribution in [0.15, 0.2) is 70.5 Å². The molecule has 0 bridgehead atoms. The number of ether oxygens (including phenoxy) is 1. The number of fused-ring (bicyclic) bond motifs is 1. The van der Waals surface area contributed by atoms with E-state index in [4.69, 9.17) is 16.3 Å². The summed E-state index contributed by atoms with van der Waals surface area (Å²) in [6.45, 7) is 1.29. The minimum atomic E-state index is -0.410. The topological polar surface area (TPSA) is 71.0 Å². The summed E-state index contributed by atoms with van der Waals surface area (Å²) in [4.78, 5) is 31.3. The summed E-state index contributed by atoms with van der Waals surface area (Å²) in [5.74, 6) is 0. The molecule has 2 aromatic heterocycles. The van der Waals surface area contributed by atoms with Gasteiger partial charge in [-0.25, -0.2) is 14.3 Å². The van der Waals surface area contributed by atoms with Crippen molar-refractivity contribution in [2.45, 2.75) is 32.0 Å². The Morgan fingerprint density at radius 1 is 1.10 bits per heavy atom. The lowest BCUT2D eigenvalue weighted by Crippen LogP contribution is -2.42. The first-order valence-electron chi connectivity index (χ1n) is 10.2. The number of aromatic nitrogens is 4. The highest BCUT2D eigenvalue weighted by atomic mass is 35.5. The van der Waals surface area contributed by atoms with Gasteiger partial charge in [0.25, 0.3) is 5.56 Å². The van der Waals surface area contributed by atoms with Gasteiger partial charge in [-0.05, 0) is 42.7 Å². The Balaban J connectivity index is 1.72. The summed E-state index contributed by atoms with van der Waals surface area (Å²) < 4.78 is 10.3. The molecule has 0 amide bonds. The molecular weight excluding hydrogens is 416 g/mol. The smallest absolute Gasteiger partial charge is 0.337 e. The minimum absolute atomic E-state index is 0.142. The normalized spacial score (nSPS) is 16.2. The zero-order valence-electron chi connectivity index (χ0n) is 16.8. The fraction of sp³-hybridized carbons (Fsp3) is 0.261. The summed E-state index contributed by atoms with van der Waals surface area (Å²) in [7, 11) is 0.